The first-order valence-corrected chi connectivity index (χ1v) is 9.21. The van der Waals surface area contributed by atoms with Crippen molar-refractivity contribution in [3.8, 4) is 5.75 Å². The molecule has 0 spiro atoms. The zero-order chi connectivity index (χ0) is 16.0. The third-order valence-electron chi connectivity index (χ3n) is 3.50. The highest BCUT2D eigenvalue weighted by atomic mass is 35.5. The Morgan fingerprint density at radius 1 is 1.17 bits per heavy atom. The van der Waals surface area contributed by atoms with Crippen molar-refractivity contribution in [1.82, 2.24) is 4.90 Å². The van der Waals surface area contributed by atoms with Gasteiger partial charge in [0.15, 0.2) is 0 Å². The van der Waals surface area contributed by atoms with Gasteiger partial charge in [-0.3, -0.25) is 9.46 Å². The minimum atomic E-state index is -3.35. The van der Waals surface area contributed by atoms with Gasteiger partial charge < -0.3 is 18.9 Å². The molecule has 1 aliphatic heterocycles. The molecule has 1 N–H and O–H groups in total. The van der Waals surface area contributed by atoms with Crippen LogP contribution in [0.5, 0.6) is 5.75 Å². The Kier molecular flexibility index (Phi) is 8.54. The third kappa shape index (κ3) is 5.18. The normalized spacial score (nSPS) is 17.5. The molecule has 1 heterocycles. The number of nitrogens with zero attached hydrogens (tertiary/aromatic N) is 1. The predicted molar refractivity (Wildman–Crippen MR) is 91.3 cm³/mol. The van der Waals surface area contributed by atoms with Crippen LogP contribution < -0.4 is 0 Å². The zero-order valence-corrected chi connectivity index (χ0v) is 15.2. The van der Waals surface area contributed by atoms with Gasteiger partial charge in [0.25, 0.3) is 0 Å². The molecule has 2 rings (SSSR count). The SMILES string of the molecule is CCOP(=O)(OCC)C(c1ccc(O)cc1)N1CCOCC1.Cl. The van der Waals surface area contributed by atoms with Crippen LogP contribution in [0.1, 0.15) is 25.2 Å². The molecule has 132 valence electrons. The van der Waals surface area contributed by atoms with Gasteiger partial charge in [0.05, 0.1) is 26.4 Å². The molecule has 0 aromatic heterocycles. The van der Waals surface area contributed by atoms with Gasteiger partial charge in [0, 0.05) is 13.1 Å². The second-order valence-electron chi connectivity index (χ2n) is 4.99. The fourth-order valence-electron chi connectivity index (χ4n) is 2.60. The number of morpholine rings is 1. The summed E-state index contributed by atoms with van der Waals surface area (Å²) in [7, 11) is -3.35. The predicted octanol–water partition coefficient (Wildman–Crippen LogP) is 3.41. The molecule has 1 fully saturated rings. The lowest BCUT2D eigenvalue weighted by molar-refractivity contribution is 0.0237. The highest BCUT2D eigenvalue weighted by Crippen LogP contribution is 2.62. The summed E-state index contributed by atoms with van der Waals surface area (Å²) in [6.45, 7) is 6.75. The summed E-state index contributed by atoms with van der Waals surface area (Å²) >= 11 is 0. The topological polar surface area (TPSA) is 68.2 Å². The van der Waals surface area contributed by atoms with E-state index in [0.29, 0.717) is 39.5 Å². The number of phenols is 1. The maximum Gasteiger partial charge on any atom is 0.352 e. The second-order valence-corrected chi connectivity index (χ2v) is 7.07. The number of rotatable bonds is 7. The molecule has 1 aromatic carbocycles. The molecule has 0 radical (unpaired) electrons. The number of halogens is 1. The summed E-state index contributed by atoms with van der Waals surface area (Å²) in [4.78, 5) is 2.07. The first kappa shape index (κ1) is 20.4. The van der Waals surface area contributed by atoms with Crippen LogP contribution in [0, 0.1) is 0 Å². The van der Waals surface area contributed by atoms with Crippen LogP contribution in [0.15, 0.2) is 24.3 Å². The van der Waals surface area contributed by atoms with Crippen molar-refractivity contribution < 1.29 is 23.5 Å². The number of hydrogen-bond acceptors (Lipinski definition) is 6. The monoisotopic (exact) mass is 365 g/mol. The number of ether oxygens (including phenoxy) is 1. The lowest BCUT2D eigenvalue weighted by Gasteiger charge is -2.37. The standard InChI is InChI=1S/C15H24NO5P.ClH/c1-3-20-22(18,21-4-2)15(16-9-11-19-12-10-16)13-5-7-14(17)8-6-13;/h5-8,15,17H,3-4,9-12H2,1-2H3;1H. The first-order chi connectivity index (χ1) is 10.6. The van der Waals surface area contributed by atoms with Crippen LogP contribution in [0.25, 0.3) is 0 Å². The van der Waals surface area contributed by atoms with Crippen LogP contribution in [0.3, 0.4) is 0 Å². The fourth-order valence-corrected chi connectivity index (χ4v) is 4.85. The van der Waals surface area contributed by atoms with Crippen LogP contribution in [-0.4, -0.2) is 49.5 Å². The molecule has 1 aliphatic rings. The number of hydrogen-bond donors (Lipinski definition) is 1. The lowest BCUT2D eigenvalue weighted by Crippen LogP contribution is -2.39. The highest BCUT2D eigenvalue weighted by Gasteiger charge is 2.41. The fraction of sp³-hybridized carbons (Fsp3) is 0.600. The minimum absolute atomic E-state index is 0. The maximum absolute atomic E-state index is 13.3. The number of phenolic OH excluding ortho intramolecular Hbond substituents is 1. The Morgan fingerprint density at radius 3 is 2.17 bits per heavy atom. The molecular formula is C15H25ClNO5P. The van der Waals surface area contributed by atoms with Crippen molar-refractivity contribution in [3.63, 3.8) is 0 Å². The Hall–Kier alpha value is -0.620. The van der Waals surface area contributed by atoms with E-state index in [9.17, 15) is 9.67 Å². The molecule has 23 heavy (non-hydrogen) atoms. The molecule has 1 atom stereocenters. The molecule has 1 saturated heterocycles. The maximum atomic E-state index is 13.3. The van der Waals surface area contributed by atoms with E-state index in [-0.39, 0.29) is 18.2 Å². The summed E-state index contributed by atoms with van der Waals surface area (Å²) in [5.41, 5.74) is 0.810. The van der Waals surface area contributed by atoms with Crippen LogP contribution >= 0.6 is 20.0 Å². The van der Waals surface area contributed by atoms with Gasteiger partial charge in [0.1, 0.15) is 11.5 Å². The number of aromatic hydroxyl groups is 1. The van der Waals surface area contributed by atoms with Crippen molar-refractivity contribution in [2.75, 3.05) is 39.5 Å². The van der Waals surface area contributed by atoms with Gasteiger partial charge >= 0.3 is 7.60 Å². The Morgan fingerprint density at radius 2 is 1.70 bits per heavy atom. The molecular weight excluding hydrogens is 341 g/mol. The van der Waals surface area contributed by atoms with E-state index in [4.69, 9.17) is 13.8 Å². The average molecular weight is 366 g/mol. The van der Waals surface area contributed by atoms with Gasteiger partial charge in [-0.05, 0) is 31.5 Å². The third-order valence-corrected chi connectivity index (χ3v) is 5.96. The zero-order valence-electron chi connectivity index (χ0n) is 13.5. The van der Waals surface area contributed by atoms with E-state index < -0.39 is 13.4 Å². The van der Waals surface area contributed by atoms with E-state index in [1.165, 1.54) is 0 Å². The molecule has 0 bridgehead atoms. The second kappa shape index (κ2) is 9.62. The lowest BCUT2D eigenvalue weighted by atomic mass is 10.2. The Labute approximate surface area is 143 Å². The largest absolute Gasteiger partial charge is 0.508 e. The van der Waals surface area contributed by atoms with Crippen molar-refractivity contribution in [2.24, 2.45) is 0 Å². The molecule has 6 nitrogen and oxygen atoms in total. The smallest absolute Gasteiger partial charge is 0.352 e. The van der Waals surface area contributed by atoms with E-state index >= 15 is 0 Å². The molecule has 1 unspecified atom stereocenters. The van der Waals surface area contributed by atoms with Crippen molar-refractivity contribution in [2.45, 2.75) is 19.6 Å². The summed E-state index contributed by atoms with van der Waals surface area (Å²) in [5.74, 6) is -0.316. The molecule has 8 heteroatoms. The summed E-state index contributed by atoms with van der Waals surface area (Å²) < 4.78 is 29.8. The summed E-state index contributed by atoms with van der Waals surface area (Å²) in [5, 5.41) is 9.49. The van der Waals surface area contributed by atoms with Gasteiger partial charge in [-0.25, -0.2) is 0 Å². The summed E-state index contributed by atoms with van der Waals surface area (Å²) in [6, 6.07) is 6.70. The van der Waals surface area contributed by atoms with Gasteiger partial charge in [-0.1, -0.05) is 12.1 Å². The molecule has 0 amide bonds. The quantitative estimate of drug-likeness (QED) is 0.747. The average Bonchev–Trinajstić information content (AvgIpc) is 2.51. The number of benzene rings is 1. The van der Waals surface area contributed by atoms with Crippen molar-refractivity contribution in [3.05, 3.63) is 29.8 Å². The van der Waals surface area contributed by atoms with E-state index in [2.05, 4.69) is 4.90 Å². The Balaban J connectivity index is 0.00000264. The van der Waals surface area contributed by atoms with E-state index in [1.54, 1.807) is 38.1 Å². The van der Waals surface area contributed by atoms with E-state index in [0.717, 1.165) is 5.56 Å². The van der Waals surface area contributed by atoms with Gasteiger partial charge in [-0.15, -0.1) is 12.4 Å². The van der Waals surface area contributed by atoms with E-state index in [1.807, 2.05) is 0 Å². The van der Waals surface area contributed by atoms with Crippen molar-refractivity contribution >= 4 is 20.0 Å². The van der Waals surface area contributed by atoms with Crippen LogP contribution in [-0.2, 0) is 18.3 Å². The van der Waals surface area contributed by atoms with Crippen molar-refractivity contribution in [1.29, 1.82) is 0 Å². The van der Waals surface area contributed by atoms with Gasteiger partial charge in [0.2, 0.25) is 0 Å². The molecule has 1 aromatic rings. The molecule has 0 saturated carbocycles. The van der Waals surface area contributed by atoms with Gasteiger partial charge in [-0.2, -0.15) is 0 Å². The minimum Gasteiger partial charge on any atom is -0.508 e. The van der Waals surface area contributed by atoms with Crippen LogP contribution in [0.4, 0.5) is 0 Å². The summed E-state index contributed by atoms with van der Waals surface area (Å²) in [6.07, 6.45) is 0. The highest BCUT2D eigenvalue weighted by molar-refractivity contribution is 7.54. The first-order valence-electron chi connectivity index (χ1n) is 7.60. The molecule has 0 aliphatic carbocycles. The Bertz CT molecular complexity index is 497. The van der Waals surface area contributed by atoms with Crippen LogP contribution in [0.2, 0.25) is 0 Å².